The Labute approximate surface area is 101 Å². The van der Waals surface area contributed by atoms with Crippen molar-refractivity contribution in [1.29, 1.82) is 0 Å². The topological polar surface area (TPSA) is 3.24 Å². The van der Waals surface area contributed by atoms with Crippen LogP contribution in [0.2, 0.25) is 0 Å². The van der Waals surface area contributed by atoms with E-state index in [1.807, 2.05) is 0 Å². The van der Waals surface area contributed by atoms with Crippen LogP contribution in [0.25, 0.3) is 0 Å². The van der Waals surface area contributed by atoms with Crippen molar-refractivity contribution in [2.24, 2.45) is 0 Å². The number of nitrogens with zero attached hydrogens (tertiary/aromatic N) is 1. The third-order valence-electron chi connectivity index (χ3n) is 3.62. The van der Waals surface area contributed by atoms with Crippen molar-refractivity contribution in [3.05, 3.63) is 35.4 Å². The third kappa shape index (κ3) is 3.25. The summed E-state index contributed by atoms with van der Waals surface area (Å²) in [5, 5.41) is 0. The largest absolute Gasteiger partial charge is 0.300 e. The molecule has 1 aromatic rings. The van der Waals surface area contributed by atoms with E-state index in [2.05, 4.69) is 11.8 Å². The third-order valence-corrected chi connectivity index (χ3v) is 3.62. The fraction of sp³-hybridized carbons (Fsp3) is 0.571. The van der Waals surface area contributed by atoms with Gasteiger partial charge in [-0.1, -0.05) is 6.42 Å². The van der Waals surface area contributed by atoms with Crippen molar-refractivity contribution in [1.82, 2.24) is 4.90 Å². The first kappa shape index (κ1) is 12.5. The van der Waals surface area contributed by atoms with Crippen LogP contribution in [0, 0.1) is 11.6 Å². The number of rotatable bonds is 3. The Hall–Kier alpha value is -0.960. The first-order valence-corrected chi connectivity index (χ1v) is 6.35. The predicted octanol–water partition coefficient (Wildman–Crippen LogP) is 3.38. The molecule has 17 heavy (non-hydrogen) atoms. The van der Waals surface area contributed by atoms with Gasteiger partial charge in [0.05, 0.1) is 0 Å². The van der Waals surface area contributed by atoms with E-state index in [0.29, 0.717) is 18.0 Å². The molecule has 94 valence electrons. The molecule has 0 bridgehead atoms. The Kier molecular flexibility index (Phi) is 4.11. The minimum atomic E-state index is -0.354. The zero-order chi connectivity index (χ0) is 12.3. The second-order valence-electron chi connectivity index (χ2n) is 4.87. The number of piperidine rings is 1. The van der Waals surface area contributed by atoms with Gasteiger partial charge < -0.3 is 4.90 Å². The zero-order valence-corrected chi connectivity index (χ0v) is 10.3. The van der Waals surface area contributed by atoms with Gasteiger partial charge in [0.2, 0.25) is 0 Å². The molecule has 0 aliphatic carbocycles. The highest BCUT2D eigenvalue weighted by molar-refractivity contribution is 5.19. The minimum absolute atomic E-state index is 0.295. The normalized spacial score (nSPS) is 21.7. The lowest BCUT2D eigenvalue weighted by Gasteiger charge is -2.33. The molecule has 1 aromatic carbocycles. The molecule has 0 radical (unpaired) electrons. The van der Waals surface area contributed by atoms with E-state index in [-0.39, 0.29) is 11.6 Å². The van der Waals surface area contributed by atoms with Gasteiger partial charge >= 0.3 is 0 Å². The summed E-state index contributed by atoms with van der Waals surface area (Å²) in [4.78, 5) is 2.37. The molecule has 1 fully saturated rings. The molecule has 2 rings (SSSR count). The molecular weight excluding hydrogens is 220 g/mol. The molecule has 1 unspecified atom stereocenters. The molecule has 3 heteroatoms. The fourth-order valence-electron chi connectivity index (χ4n) is 2.49. The van der Waals surface area contributed by atoms with E-state index in [1.54, 1.807) is 0 Å². The molecule has 1 saturated heterocycles. The summed E-state index contributed by atoms with van der Waals surface area (Å²) in [6.45, 7) is 4.11. The number of likely N-dealkylation sites (tertiary alicyclic amines) is 1. The minimum Gasteiger partial charge on any atom is -0.300 e. The lowest BCUT2D eigenvalue weighted by Crippen LogP contribution is -2.38. The maximum absolute atomic E-state index is 13.4. The molecular formula is C14H19F2N. The number of halogens is 2. The Bertz CT molecular complexity index is 378. The van der Waals surface area contributed by atoms with E-state index in [0.717, 1.165) is 13.1 Å². The Morgan fingerprint density at radius 1 is 1.29 bits per heavy atom. The monoisotopic (exact) mass is 239 g/mol. The van der Waals surface area contributed by atoms with E-state index < -0.39 is 0 Å². The summed E-state index contributed by atoms with van der Waals surface area (Å²) in [7, 11) is 0. The van der Waals surface area contributed by atoms with Crippen molar-refractivity contribution in [2.75, 3.05) is 13.1 Å². The van der Waals surface area contributed by atoms with Crippen molar-refractivity contribution in [3.8, 4) is 0 Å². The van der Waals surface area contributed by atoms with Crippen molar-refractivity contribution in [2.45, 2.75) is 38.6 Å². The molecule has 0 spiro atoms. The van der Waals surface area contributed by atoms with Gasteiger partial charge in [-0.2, -0.15) is 0 Å². The van der Waals surface area contributed by atoms with Crippen LogP contribution in [-0.2, 0) is 6.42 Å². The SMILES string of the molecule is CC1CCCCN1CCc1cc(F)ccc1F. The van der Waals surface area contributed by atoms with Gasteiger partial charge in [-0.3, -0.25) is 0 Å². The van der Waals surface area contributed by atoms with E-state index in [4.69, 9.17) is 0 Å². The van der Waals surface area contributed by atoms with Crippen LogP contribution < -0.4 is 0 Å². The molecule has 1 nitrogen and oxygen atoms in total. The van der Waals surface area contributed by atoms with Crippen LogP contribution in [0.15, 0.2) is 18.2 Å². The number of hydrogen-bond acceptors (Lipinski definition) is 1. The highest BCUT2D eigenvalue weighted by Crippen LogP contribution is 2.18. The van der Waals surface area contributed by atoms with Gasteiger partial charge in [-0.25, -0.2) is 8.78 Å². The average molecular weight is 239 g/mol. The lowest BCUT2D eigenvalue weighted by molar-refractivity contribution is 0.162. The summed E-state index contributed by atoms with van der Waals surface area (Å²) < 4.78 is 26.4. The number of benzene rings is 1. The Morgan fingerprint density at radius 2 is 2.12 bits per heavy atom. The standard InChI is InChI=1S/C14H19F2N/c1-11-4-2-3-8-17(11)9-7-12-10-13(15)5-6-14(12)16/h5-6,10-11H,2-4,7-9H2,1H3. The van der Waals surface area contributed by atoms with Gasteiger partial charge in [-0.15, -0.1) is 0 Å². The van der Waals surface area contributed by atoms with Gasteiger partial charge in [0.1, 0.15) is 11.6 Å². The summed E-state index contributed by atoms with van der Waals surface area (Å²) >= 11 is 0. The van der Waals surface area contributed by atoms with Crippen LogP contribution in [0.1, 0.15) is 31.7 Å². The van der Waals surface area contributed by atoms with Crippen LogP contribution in [0.4, 0.5) is 8.78 Å². The molecule has 0 aromatic heterocycles. The van der Waals surface area contributed by atoms with Crippen LogP contribution in [0.3, 0.4) is 0 Å². The second kappa shape index (κ2) is 5.58. The molecule has 1 heterocycles. The highest BCUT2D eigenvalue weighted by Gasteiger charge is 2.18. The average Bonchev–Trinajstić information content (AvgIpc) is 2.32. The first-order chi connectivity index (χ1) is 8.16. The molecule has 1 aliphatic rings. The molecule has 0 N–H and O–H groups in total. The molecule has 1 atom stereocenters. The van der Waals surface area contributed by atoms with Crippen molar-refractivity contribution < 1.29 is 8.78 Å². The fourth-order valence-corrected chi connectivity index (χ4v) is 2.49. The molecule has 1 aliphatic heterocycles. The van der Waals surface area contributed by atoms with E-state index >= 15 is 0 Å². The first-order valence-electron chi connectivity index (χ1n) is 6.35. The molecule has 0 amide bonds. The highest BCUT2D eigenvalue weighted by atomic mass is 19.1. The maximum atomic E-state index is 13.4. The van der Waals surface area contributed by atoms with Gasteiger partial charge in [0, 0.05) is 12.6 Å². The maximum Gasteiger partial charge on any atom is 0.126 e. The Morgan fingerprint density at radius 3 is 2.88 bits per heavy atom. The zero-order valence-electron chi connectivity index (χ0n) is 10.3. The van der Waals surface area contributed by atoms with Crippen LogP contribution in [0.5, 0.6) is 0 Å². The van der Waals surface area contributed by atoms with Crippen molar-refractivity contribution >= 4 is 0 Å². The van der Waals surface area contributed by atoms with Crippen molar-refractivity contribution in [3.63, 3.8) is 0 Å². The van der Waals surface area contributed by atoms with E-state index in [9.17, 15) is 8.78 Å². The summed E-state index contributed by atoms with van der Waals surface area (Å²) in [6, 6.07) is 4.26. The van der Waals surface area contributed by atoms with Crippen LogP contribution in [-0.4, -0.2) is 24.0 Å². The Balaban J connectivity index is 1.94. The second-order valence-corrected chi connectivity index (χ2v) is 4.87. The number of hydrogen-bond donors (Lipinski definition) is 0. The lowest BCUT2D eigenvalue weighted by atomic mass is 10.0. The van der Waals surface area contributed by atoms with Gasteiger partial charge in [-0.05, 0) is 56.5 Å². The smallest absolute Gasteiger partial charge is 0.126 e. The predicted molar refractivity (Wildman–Crippen MR) is 64.9 cm³/mol. The quantitative estimate of drug-likeness (QED) is 0.781. The van der Waals surface area contributed by atoms with Crippen LogP contribution >= 0.6 is 0 Å². The van der Waals surface area contributed by atoms with Gasteiger partial charge in [0.25, 0.3) is 0 Å². The van der Waals surface area contributed by atoms with E-state index in [1.165, 1.54) is 37.5 Å². The summed E-state index contributed by atoms with van der Waals surface area (Å²) in [6.07, 6.45) is 4.31. The molecule has 0 saturated carbocycles. The summed E-state index contributed by atoms with van der Waals surface area (Å²) in [5.74, 6) is -0.649. The summed E-state index contributed by atoms with van der Waals surface area (Å²) in [5.41, 5.74) is 0.489. The van der Waals surface area contributed by atoms with Gasteiger partial charge in [0.15, 0.2) is 0 Å².